The summed E-state index contributed by atoms with van der Waals surface area (Å²) in [6, 6.07) is 0.666. The monoisotopic (exact) mass is 269 g/mol. The molecule has 2 rings (SSSR count). The Morgan fingerprint density at radius 2 is 2.05 bits per heavy atom. The fourth-order valence-corrected chi connectivity index (χ4v) is 3.53. The van der Waals surface area contributed by atoms with Crippen LogP contribution in [0, 0.1) is 5.92 Å². The SMILES string of the molecule is CC1CCCCC1N(C)CC1CCC(C(=O)NN)O1. The van der Waals surface area contributed by atoms with Gasteiger partial charge in [0, 0.05) is 12.6 Å². The molecule has 5 heteroatoms. The lowest BCUT2D eigenvalue weighted by Crippen LogP contribution is -2.43. The van der Waals surface area contributed by atoms with Gasteiger partial charge in [0.25, 0.3) is 5.91 Å². The van der Waals surface area contributed by atoms with E-state index in [0.29, 0.717) is 6.04 Å². The van der Waals surface area contributed by atoms with Crippen molar-refractivity contribution in [1.29, 1.82) is 0 Å². The first-order valence-electron chi connectivity index (χ1n) is 7.48. The standard InChI is InChI=1S/C14H27N3O2/c1-10-5-3-4-6-12(10)17(2)9-11-7-8-13(19-11)14(18)16-15/h10-13H,3-9,15H2,1-2H3,(H,16,18). The number of ether oxygens (including phenoxy) is 1. The normalized spacial score (nSPS) is 35.6. The lowest BCUT2D eigenvalue weighted by Gasteiger charge is -2.37. The van der Waals surface area contributed by atoms with Crippen molar-refractivity contribution < 1.29 is 9.53 Å². The molecule has 0 bridgehead atoms. The van der Waals surface area contributed by atoms with E-state index in [-0.39, 0.29) is 18.1 Å². The minimum absolute atomic E-state index is 0.168. The fraction of sp³-hybridized carbons (Fsp3) is 0.929. The highest BCUT2D eigenvalue weighted by Gasteiger charge is 2.33. The van der Waals surface area contributed by atoms with Crippen LogP contribution in [-0.4, -0.2) is 42.6 Å². The summed E-state index contributed by atoms with van der Waals surface area (Å²) in [5.41, 5.74) is 2.17. The Morgan fingerprint density at radius 1 is 1.32 bits per heavy atom. The smallest absolute Gasteiger partial charge is 0.263 e. The summed E-state index contributed by atoms with van der Waals surface area (Å²) in [5, 5.41) is 0. The highest BCUT2D eigenvalue weighted by molar-refractivity contribution is 5.80. The van der Waals surface area contributed by atoms with Gasteiger partial charge in [-0.15, -0.1) is 0 Å². The average molecular weight is 269 g/mol. The van der Waals surface area contributed by atoms with E-state index in [1.165, 1.54) is 25.7 Å². The molecule has 1 aliphatic heterocycles. The molecule has 1 saturated carbocycles. The van der Waals surface area contributed by atoms with E-state index in [2.05, 4.69) is 24.3 Å². The van der Waals surface area contributed by atoms with Crippen LogP contribution in [0.15, 0.2) is 0 Å². The first-order valence-corrected chi connectivity index (χ1v) is 7.48. The number of nitrogens with zero attached hydrogens (tertiary/aromatic N) is 1. The molecule has 0 spiro atoms. The number of nitrogens with one attached hydrogen (secondary N) is 1. The number of carbonyl (C=O) groups is 1. The topological polar surface area (TPSA) is 67.6 Å². The van der Waals surface area contributed by atoms with E-state index in [0.717, 1.165) is 25.3 Å². The van der Waals surface area contributed by atoms with Gasteiger partial charge in [0.15, 0.2) is 0 Å². The van der Waals surface area contributed by atoms with Crippen molar-refractivity contribution in [3.63, 3.8) is 0 Å². The first kappa shape index (κ1) is 14.8. The molecule has 0 aromatic carbocycles. The summed E-state index contributed by atoms with van der Waals surface area (Å²) < 4.78 is 5.78. The summed E-state index contributed by atoms with van der Waals surface area (Å²) in [6.45, 7) is 3.27. The number of rotatable bonds is 4. The lowest BCUT2D eigenvalue weighted by atomic mass is 9.85. The second-order valence-electron chi connectivity index (χ2n) is 6.10. The first-order chi connectivity index (χ1) is 9.11. The van der Waals surface area contributed by atoms with Crippen molar-refractivity contribution in [2.75, 3.05) is 13.6 Å². The van der Waals surface area contributed by atoms with E-state index in [9.17, 15) is 4.79 Å². The van der Waals surface area contributed by atoms with Crippen LogP contribution < -0.4 is 11.3 Å². The summed E-state index contributed by atoms with van der Waals surface area (Å²) in [5.74, 6) is 5.71. The van der Waals surface area contributed by atoms with Gasteiger partial charge in [0.1, 0.15) is 6.10 Å². The molecule has 19 heavy (non-hydrogen) atoms. The zero-order valence-electron chi connectivity index (χ0n) is 12.1. The number of likely N-dealkylation sites (N-methyl/N-ethyl adjacent to an activating group) is 1. The number of carbonyl (C=O) groups excluding carboxylic acids is 1. The molecule has 1 amide bonds. The molecule has 0 radical (unpaired) electrons. The zero-order chi connectivity index (χ0) is 13.8. The Balaban J connectivity index is 1.79. The third-order valence-corrected chi connectivity index (χ3v) is 4.67. The predicted molar refractivity (Wildman–Crippen MR) is 74.3 cm³/mol. The summed E-state index contributed by atoms with van der Waals surface area (Å²) in [6.07, 6.45) is 6.86. The molecule has 2 fully saturated rings. The van der Waals surface area contributed by atoms with E-state index < -0.39 is 0 Å². The van der Waals surface area contributed by atoms with Gasteiger partial charge in [-0.25, -0.2) is 5.84 Å². The molecule has 4 unspecified atom stereocenters. The highest BCUT2D eigenvalue weighted by atomic mass is 16.5. The van der Waals surface area contributed by atoms with Crippen LogP contribution in [0.5, 0.6) is 0 Å². The maximum absolute atomic E-state index is 11.4. The molecule has 110 valence electrons. The number of amides is 1. The van der Waals surface area contributed by atoms with Gasteiger partial charge >= 0.3 is 0 Å². The Morgan fingerprint density at radius 3 is 2.74 bits per heavy atom. The number of hydrogen-bond acceptors (Lipinski definition) is 4. The highest BCUT2D eigenvalue weighted by Crippen LogP contribution is 2.29. The third kappa shape index (κ3) is 3.68. The van der Waals surface area contributed by atoms with Crippen molar-refractivity contribution in [3.8, 4) is 0 Å². The molecule has 4 atom stereocenters. The van der Waals surface area contributed by atoms with Crippen molar-refractivity contribution >= 4 is 5.91 Å². The van der Waals surface area contributed by atoms with Crippen molar-refractivity contribution in [2.24, 2.45) is 11.8 Å². The van der Waals surface area contributed by atoms with Crippen LogP contribution in [0.25, 0.3) is 0 Å². The van der Waals surface area contributed by atoms with Crippen LogP contribution in [0.2, 0.25) is 0 Å². The van der Waals surface area contributed by atoms with Crippen LogP contribution in [0.4, 0.5) is 0 Å². The molecular weight excluding hydrogens is 242 g/mol. The van der Waals surface area contributed by atoms with Gasteiger partial charge in [-0.1, -0.05) is 19.8 Å². The van der Waals surface area contributed by atoms with Crippen molar-refractivity contribution in [3.05, 3.63) is 0 Å². The maximum atomic E-state index is 11.4. The number of hydrogen-bond donors (Lipinski definition) is 2. The summed E-state index contributed by atoms with van der Waals surface area (Å²) >= 11 is 0. The number of nitrogens with two attached hydrogens (primary N) is 1. The molecular formula is C14H27N3O2. The largest absolute Gasteiger partial charge is 0.364 e. The van der Waals surface area contributed by atoms with Crippen molar-refractivity contribution in [2.45, 2.75) is 63.7 Å². The molecule has 5 nitrogen and oxygen atoms in total. The van der Waals surface area contributed by atoms with Crippen LogP contribution in [0.3, 0.4) is 0 Å². The van der Waals surface area contributed by atoms with E-state index >= 15 is 0 Å². The fourth-order valence-electron chi connectivity index (χ4n) is 3.53. The minimum atomic E-state index is -0.354. The van der Waals surface area contributed by atoms with Gasteiger partial charge in [-0.05, 0) is 38.6 Å². The van der Waals surface area contributed by atoms with Crippen LogP contribution in [-0.2, 0) is 9.53 Å². The van der Waals surface area contributed by atoms with Crippen molar-refractivity contribution in [1.82, 2.24) is 10.3 Å². The quantitative estimate of drug-likeness (QED) is 0.454. The van der Waals surface area contributed by atoms with Gasteiger partial charge in [-0.2, -0.15) is 0 Å². The van der Waals surface area contributed by atoms with Crippen LogP contribution >= 0.6 is 0 Å². The molecule has 0 aromatic rings. The van der Waals surface area contributed by atoms with E-state index in [4.69, 9.17) is 10.6 Å². The third-order valence-electron chi connectivity index (χ3n) is 4.67. The Labute approximate surface area is 115 Å². The Hall–Kier alpha value is -0.650. The average Bonchev–Trinajstić information content (AvgIpc) is 2.86. The summed E-state index contributed by atoms with van der Waals surface area (Å²) in [4.78, 5) is 13.9. The lowest BCUT2D eigenvalue weighted by molar-refractivity contribution is -0.132. The van der Waals surface area contributed by atoms with Gasteiger partial charge < -0.3 is 9.64 Å². The zero-order valence-corrected chi connectivity index (χ0v) is 12.1. The molecule has 1 aliphatic carbocycles. The van der Waals surface area contributed by atoms with E-state index in [1.54, 1.807) is 0 Å². The Bertz CT molecular complexity index is 311. The minimum Gasteiger partial charge on any atom is -0.364 e. The number of hydrazine groups is 1. The molecule has 1 heterocycles. The second kappa shape index (κ2) is 6.68. The van der Waals surface area contributed by atoms with Crippen LogP contribution in [0.1, 0.15) is 45.4 Å². The molecule has 2 aliphatic rings. The van der Waals surface area contributed by atoms with Gasteiger partial charge in [0.05, 0.1) is 6.10 Å². The maximum Gasteiger partial charge on any atom is 0.263 e. The molecule has 1 saturated heterocycles. The molecule has 0 aromatic heterocycles. The predicted octanol–water partition coefficient (Wildman–Crippen LogP) is 1.03. The summed E-state index contributed by atoms with van der Waals surface area (Å²) in [7, 11) is 2.19. The molecule has 3 N–H and O–H groups in total. The van der Waals surface area contributed by atoms with E-state index in [1.807, 2.05) is 0 Å². The van der Waals surface area contributed by atoms with Gasteiger partial charge in [-0.3, -0.25) is 10.2 Å². The Kier molecular flexibility index (Phi) is 5.19. The van der Waals surface area contributed by atoms with Gasteiger partial charge in [0.2, 0.25) is 0 Å². The second-order valence-corrected chi connectivity index (χ2v) is 6.10.